The molecule has 1 unspecified atom stereocenters. The fourth-order valence-corrected chi connectivity index (χ4v) is 8.33. The van der Waals surface area contributed by atoms with E-state index in [0.29, 0.717) is 5.69 Å². The summed E-state index contributed by atoms with van der Waals surface area (Å²) in [6.45, 7) is 9.52. The van der Waals surface area contributed by atoms with Gasteiger partial charge in [-0.15, -0.1) is 0 Å². The number of fused-ring (bicyclic) bond motifs is 3. The highest BCUT2D eigenvalue weighted by Crippen LogP contribution is 2.62. The molecule has 5 nitrogen and oxygen atoms in total. The Hall–Kier alpha value is -3.34. The van der Waals surface area contributed by atoms with E-state index in [1.54, 1.807) is 24.3 Å². The average Bonchev–Trinajstić information content (AvgIpc) is 3.21. The molecule has 1 aromatic heterocycles. The zero-order valence-corrected chi connectivity index (χ0v) is 24.3. The number of aryl methyl sites for hydroxylation is 1. The summed E-state index contributed by atoms with van der Waals surface area (Å²) < 4.78 is 15.6. The topological polar surface area (TPSA) is 63.8 Å². The van der Waals surface area contributed by atoms with Gasteiger partial charge < -0.3 is 14.2 Å². The summed E-state index contributed by atoms with van der Waals surface area (Å²) in [5.74, 6) is -0.235. The van der Waals surface area contributed by atoms with Crippen LogP contribution < -0.4 is 9.83 Å². The number of nitrogens with zero attached hydrogens (tertiary/aromatic N) is 2. The lowest BCUT2D eigenvalue weighted by Gasteiger charge is -2.37. The molecule has 0 radical (unpaired) electrons. The summed E-state index contributed by atoms with van der Waals surface area (Å²) in [5.41, 5.74) is 3.29. The molecular weight excluding hydrogens is 559 g/mol. The van der Waals surface area contributed by atoms with Crippen molar-refractivity contribution in [2.75, 3.05) is 0 Å². The van der Waals surface area contributed by atoms with Crippen molar-refractivity contribution in [3.05, 3.63) is 101 Å². The van der Waals surface area contributed by atoms with E-state index in [-0.39, 0.29) is 10.7 Å². The molecule has 0 aliphatic carbocycles. The third kappa shape index (κ3) is 4.68. The second-order valence-electron chi connectivity index (χ2n) is 10.2. The molecular formula is C31H30BrN2O3P. The second-order valence-corrected chi connectivity index (χ2v) is 14.5. The number of aromatic carboxylic acids is 1. The van der Waals surface area contributed by atoms with Crippen molar-refractivity contribution >= 4 is 62.0 Å². The van der Waals surface area contributed by atoms with Gasteiger partial charge in [0.25, 0.3) is 0 Å². The largest absolute Gasteiger partial charge is 0.478 e. The molecule has 0 aliphatic rings. The Kier molecular flexibility index (Phi) is 6.97. The van der Waals surface area contributed by atoms with Gasteiger partial charge in [-0.1, -0.05) is 61.0 Å². The number of carboxylic acid groups (broad SMARTS) is 1. The highest BCUT2D eigenvalue weighted by molar-refractivity contribution is 9.10. The fraction of sp³-hybridized carbons (Fsp3) is 0.194. The first-order valence-corrected chi connectivity index (χ1v) is 15.0. The van der Waals surface area contributed by atoms with E-state index in [0.717, 1.165) is 22.1 Å². The molecule has 0 aliphatic heterocycles. The van der Waals surface area contributed by atoms with E-state index in [2.05, 4.69) is 90.7 Å². The number of halogens is 1. The molecule has 0 spiro atoms. The zero-order valence-electron chi connectivity index (χ0n) is 21.9. The first-order valence-electron chi connectivity index (χ1n) is 12.6. The fourth-order valence-electron chi connectivity index (χ4n) is 4.89. The maximum Gasteiger partial charge on any atom is 0.335 e. The molecule has 4 aromatic carbocycles. The number of hydrogen-bond acceptors (Lipinski definition) is 3. The highest BCUT2D eigenvalue weighted by Gasteiger charge is 2.39. The lowest BCUT2D eigenvalue weighted by atomic mass is 10.1. The van der Waals surface area contributed by atoms with Crippen LogP contribution in [0.15, 0.2) is 100 Å². The number of carbonyl (C=O) groups is 1. The van der Waals surface area contributed by atoms with Gasteiger partial charge in [0.1, 0.15) is 5.75 Å². The van der Waals surface area contributed by atoms with E-state index >= 15 is 0 Å². The second kappa shape index (κ2) is 10.1. The van der Waals surface area contributed by atoms with Crippen LogP contribution in [-0.2, 0) is 6.54 Å². The predicted octanol–water partition coefficient (Wildman–Crippen LogP) is 9.23. The van der Waals surface area contributed by atoms with Crippen molar-refractivity contribution in [2.24, 2.45) is 4.74 Å². The highest BCUT2D eigenvalue weighted by atomic mass is 79.9. The van der Waals surface area contributed by atoms with E-state index in [4.69, 9.17) is 9.27 Å². The van der Waals surface area contributed by atoms with Gasteiger partial charge in [-0.2, -0.15) is 0 Å². The minimum absolute atomic E-state index is 0.227. The van der Waals surface area contributed by atoms with E-state index < -0.39 is 13.3 Å². The van der Waals surface area contributed by atoms with Gasteiger partial charge in [0.05, 0.1) is 11.3 Å². The van der Waals surface area contributed by atoms with Crippen LogP contribution in [0.5, 0.6) is 5.75 Å². The van der Waals surface area contributed by atoms with Crippen molar-refractivity contribution in [3.8, 4) is 5.75 Å². The lowest BCUT2D eigenvalue weighted by molar-refractivity contribution is 0.0697. The smallest absolute Gasteiger partial charge is 0.335 e. The van der Waals surface area contributed by atoms with Gasteiger partial charge >= 0.3 is 5.97 Å². The number of hydrogen-bond donors (Lipinski definition) is 1. The molecule has 1 N–H and O–H groups in total. The van der Waals surface area contributed by atoms with Crippen molar-refractivity contribution in [3.63, 3.8) is 0 Å². The molecule has 0 bridgehead atoms. The first kappa shape index (κ1) is 26.3. The van der Waals surface area contributed by atoms with Gasteiger partial charge in [0.15, 0.2) is 7.28 Å². The van der Waals surface area contributed by atoms with Crippen LogP contribution in [0, 0.1) is 0 Å². The Morgan fingerprint density at radius 1 is 0.921 bits per heavy atom. The molecule has 0 fully saturated rings. The van der Waals surface area contributed by atoms with E-state index in [1.807, 2.05) is 24.3 Å². The van der Waals surface area contributed by atoms with Crippen LogP contribution in [0.25, 0.3) is 21.8 Å². The first-order chi connectivity index (χ1) is 18.1. The van der Waals surface area contributed by atoms with Crippen molar-refractivity contribution in [1.29, 1.82) is 0 Å². The molecule has 5 rings (SSSR count). The van der Waals surface area contributed by atoms with Crippen LogP contribution >= 0.6 is 23.2 Å². The molecule has 0 saturated carbocycles. The minimum Gasteiger partial charge on any atom is -0.478 e. The number of rotatable bonds is 6. The summed E-state index contributed by atoms with van der Waals surface area (Å²) in [7, 11) is -2.77. The molecule has 38 heavy (non-hydrogen) atoms. The summed E-state index contributed by atoms with van der Waals surface area (Å²) in [6.07, 6.45) is 0. The van der Waals surface area contributed by atoms with Crippen LogP contribution in [0.3, 0.4) is 0 Å². The summed E-state index contributed by atoms with van der Waals surface area (Å²) >= 11 is 3.58. The lowest BCUT2D eigenvalue weighted by Crippen LogP contribution is -2.27. The van der Waals surface area contributed by atoms with Crippen LogP contribution in [0.4, 0.5) is 5.69 Å². The average molecular weight is 589 g/mol. The molecule has 194 valence electrons. The molecule has 5 aromatic rings. The SMILES string of the molecule is CCn1c2ccccc2c2cc(P(=Nc3ccc(C(=O)O)cc3)(Oc3cccc(Br)c3)C(C)(C)C)ccc21. The molecule has 0 saturated heterocycles. The Balaban J connectivity index is 1.83. The van der Waals surface area contributed by atoms with Gasteiger partial charge in [-0.25, -0.2) is 9.54 Å². The number of aromatic nitrogens is 1. The van der Waals surface area contributed by atoms with Crippen molar-refractivity contribution in [2.45, 2.75) is 39.4 Å². The normalized spacial score (nSPS) is 13.4. The maximum atomic E-state index is 11.5. The van der Waals surface area contributed by atoms with Crippen LogP contribution in [0.1, 0.15) is 38.1 Å². The minimum atomic E-state index is -2.77. The van der Waals surface area contributed by atoms with E-state index in [9.17, 15) is 9.90 Å². The van der Waals surface area contributed by atoms with Gasteiger partial charge in [0, 0.05) is 43.3 Å². The van der Waals surface area contributed by atoms with E-state index in [1.165, 1.54) is 21.8 Å². The monoisotopic (exact) mass is 588 g/mol. The Labute approximate surface area is 231 Å². The maximum absolute atomic E-state index is 11.5. The Morgan fingerprint density at radius 2 is 1.63 bits per heavy atom. The van der Waals surface area contributed by atoms with Crippen molar-refractivity contribution < 1.29 is 14.4 Å². The summed E-state index contributed by atoms with van der Waals surface area (Å²) in [4.78, 5) is 11.5. The molecule has 1 heterocycles. The number of para-hydroxylation sites is 1. The van der Waals surface area contributed by atoms with Crippen LogP contribution in [-0.4, -0.2) is 20.8 Å². The third-order valence-corrected chi connectivity index (χ3v) is 11.0. The molecule has 7 heteroatoms. The van der Waals surface area contributed by atoms with Gasteiger partial charge in [-0.05, 0) is 73.7 Å². The number of carboxylic acids is 1. The molecule has 1 atom stereocenters. The Morgan fingerprint density at radius 3 is 2.29 bits per heavy atom. The third-order valence-electron chi connectivity index (χ3n) is 6.74. The van der Waals surface area contributed by atoms with Crippen molar-refractivity contribution in [1.82, 2.24) is 4.57 Å². The van der Waals surface area contributed by atoms with Gasteiger partial charge in [0.2, 0.25) is 0 Å². The standard InChI is InChI=1S/C31H30BrN2O3P/c1-5-34-28-12-7-6-11-26(28)27-20-25(17-18-29(27)34)38(31(2,3)4,37-24-10-8-9-22(32)19-24)33-23-15-13-21(14-16-23)30(35)36/h6-20H,5H2,1-4H3,(H,35,36). The molecule has 0 amide bonds. The quantitative estimate of drug-likeness (QED) is 0.201. The van der Waals surface area contributed by atoms with Gasteiger partial charge in [-0.3, -0.25) is 0 Å². The summed E-state index contributed by atoms with van der Waals surface area (Å²) in [6, 6.07) is 29.6. The zero-order chi connectivity index (χ0) is 27.1. The summed E-state index contributed by atoms with van der Waals surface area (Å²) in [5, 5.41) is 12.4. The number of benzene rings is 4. The Bertz CT molecular complexity index is 1720. The van der Waals surface area contributed by atoms with Crippen LogP contribution in [0.2, 0.25) is 0 Å². The predicted molar refractivity (Wildman–Crippen MR) is 162 cm³/mol.